The lowest BCUT2D eigenvalue weighted by atomic mass is 10.1. The number of halogens is 1. The molecule has 0 saturated carbocycles. The number of amides is 4. The second kappa shape index (κ2) is 7.35. The predicted molar refractivity (Wildman–Crippen MR) is 88.0 cm³/mol. The van der Waals surface area contributed by atoms with Crippen LogP contribution in [0.1, 0.15) is 25.8 Å². The van der Waals surface area contributed by atoms with Gasteiger partial charge >= 0.3 is 6.03 Å². The van der Waals surface area contributed by atoms with Gasteiger partial charge in [0.05, 0.1) is 18.2 Å². The lowest BCUT2D eigenvalue weighted by Crippen LogP contribution is -2.51. The van der Waals surface area contributed by atoms with Crippen molar-refractivity contribution in [2.24, 2.45) is 0 Å². The summed E-state index contributed by atoms with van der Waals surface area (Å²) in [5.74, 6) is -0.789. The highest BCUT2D eigenvalue weighted by atomic mass is 35.5. The third-order valence-corrected chi connectivity index (χ3v) is 3.68. The van der Waals surface area contributed by atoms with Gasteiger partial charge in [-0.3, -0.25) is 20.2 Å². The van der Waals surface area contributed by atoms with Gasteiger partial charge in [-0.15, -0.1) is 0 Å². The van der Waals surface area contributed by atoms with E-state index in [1.807, 2.05) is 24.5 Å². The average molecular weight is 353 g/mol. The first-order valence-electron chi connectivity index (χ1n) is 7.28. The van der Waals surface area contributed by atoms with Gasteiger partial charge in [0.25, 0.3) is 11.8 Å². The van der Waals surface area contributed by atoms with Crippen LogP contribution in [0, 0.1) is 0 Å². The van der Waals surface area contributed by atoms with Gasteiger partial charge in [-0.25, -0.2) is 4.79 Å². The Hall–Kier alpha value is -2.54. The molecule has 7 nitrogen and oxygen atoms in total. The van der Waals surface area contributed by atoms with Gasteiger partial charge in [0, 0.05) is 0 Å². The van der Waals surface area contributed by atoms with Crippen LogP contribution in [0.25, 0.3) is 6.08 Å². The van der Waals surface area contributed by atoms with Crippen LogP contribution < -0.4 is 20.1 Å². The molecule has 1 atom stereocenters. The van der Waals surface area contributed by atoms with Gasteiger partial charge in [0.15, 0.2) is 11.5 Å². The zero-order valence-electron chi connectivity index (χ0n) is 13.4. The number of urea groups is 1. The molecule has 0 aromatic heterocycles. The minimum absolute atomic E-state index is 0.0542. The Bertz CT molecular complexity index is 707. The molecule has 1 saturated heterocycles. The monoisotopic (exact) mass is 352 g/mol. The lowest BCUT2D eigenvalue weighted by Gasteiger charge is -2.18. The van der Waals surface area contributed by atoms with Crippen molar-refractivity contribution in [2.75, 3.05) is 7.11 Å². The highest BCUT2D eigenvalue weighted by molar-refractivity contribution is 6.33. The van der Waals surface area contributed by atoms with Crippen LogP contribution in [0.2, 0.25) is 5.02 Å². The van der Waals surface area contributed by atoms with Crippen molar-refractivity contribution < 1.29 is 23.9 Å². The maximum atomic E-state index is 11.8. The van der Waals surface area contributed by atoms with Crippen molar-refractivity contribution in [1.29, 1.82) is 0 Å². The molecule has 0 aliphatic carbocycles. The number of rotatable bonds is 5. The molecular formula is C16H17ClN2O5. The summed E-state index contributed by atoms with van der Waals surface area (Å²) in [6, 6.07) is 2.29. The minimum Gasteiger partial charge on any atom is -0.493 e. The molecular weight excluding hydrogens is 336 g/mol. The Balaban J connectivity index is 2.40. The number of carbonyl (C=O) groups is 3. The average Bonchev–Trinajstić information content (AvgIpc) is 2.52. The first kappa shape index (κ1) is 17.8. The van der Waals surface area contributed by atoms with Crippen LogP contribution in [0.5, 0.6) is 11.5 Å². The van der Waals surface area contributed by atoms with Crippen LogP contribution in [0.3, 0.4) is 0 Å². The van der Waals surface area contributed by atoms with Crippen molar-refractivity contribution in [1.82, 2.24) is 10.6 Å². The van der Waals surface area contributed by atoms with Crippen molar-refractivity contribution in [3.63, 3.8) is 0 Å². The summed E-state index contributed by atoms with van der Waals surface area (Å²) in [6.45, 7) is 3.88. The van der Waals surface area contributed by atoms with Gasteiger partial charge < -0.3 is 9.47 Å². The molecule has 128 valence electrons. The van der Waals surface area contributed by atoms with E-state index in [4.69, 9.17) is 21.1 Å². The van der Waals surface area contributed by atoms with Gasteiger partial charge in [-0.2, -0.15) is 0 Å². The van der Waals surface area contributed by atoms with E-state index in [0.717, 1.165) is 6.42 Å². The molecule has 1 heterocycles. The second-order valence-electron chi connectivity index (χ2n) is 5.17. The Kier molecular flexibility index (Phi) is 5.46. The number of methoxy groups -OCH3 is 1. The van der Waals surface area contributed by atoms with Crippen LogP contribution in [-0.2, 0) is 9.59 Å². The summed E-state index contributed by atoms with van der Waals surface area (Å²) in [5, 5.41) is 4.29. The van der Waals surface area contributed by atoms with Crippen molar-refractivity contribution in [2.45, 2.75) is 26.4 Å². The first-order chi connectivity index (χ1) is 11.3. The fourth-order valence-electron chi connectivity index (χ4n) is 2.00. The quantitative estimate of drug-likeness (QED) is 0.626. The number of ether oxygens (including phenoxy) is 2. The Labute approximate surface area is 144 Å². The third kappa shape index (κ3) is 3.86. The van der Waals surface area contributed by atoms with E-state index in [1.165, 1.54) is 13.2 Å². The van der Waals surface area contributed by atoms with E-state index in [0.29, 0.717) is 17.1 Å². The second-order valence-corrected chi connectivity index (χ2v) is 5.57. The van der Waals surface area contributed by atoms with Gasteiger partial charge in [-0.05, 0) is 37.1 Å². The van der Waals surface area contributed by atoms with E-state index >= 15 is 0 Å². The van der Waals surface area contributed by atoms with Crippen LogP contribution >= 0.6 is 11.6 Å². The standard InChI is InChI=1S/C16H17ClN2O5/c1-4-8(2)24-13-11(17)6-9(7-12(13)23-3)5-10-14(20)18-16(22)19-15(10)21/h5-8H,4H2,1-3H3,(H2,18,19,20,21,22). The molecule has 2 rings (SSSR count). The molecule has 0 spiro atoms. The number of benzene rings is 1. The molecule has 24 heavy (non-hydrogen) atoms. The van der Waals surface area contributed by atoms with E-state index in [-0.39, 0.29) is 16.7 Å². The summed E-state index contributed by atoms with van der Waals surface area (Å²) in [6.07, 6.45) is 2.06. The normalized spacial score (nSPS) is 15.5. The van der Waals surface area contributed by atoms with E-state index in [9.17, 15) is 14.4 Å². The summed E-state index contributed by atoms with van der Waals surface area (Å²) < 4.78 is 11.0. The molecule has 4 amide bonds. The molecule has 8 heteroatoms. The Morgan fingerprint density at radius 1 is 1.21 bits per heavy atom. The van der Waals surface area contributed by atoms with E-state index < -0.39 is 17.8 Å². The number of nitrogens with one attached hydrogen (secondary N) is 2. The maximum Gasteiger partial charge on any atom is 0.328 e. The molecule has 2 N–H and O–H groups in total. The van der Waals surface area contributed by atoms with Gasteiger partial charge in [-0.1, -0.05) is 18.5 Å². The summed E-state index contributed by atoms with van der Waals surface area (Å²) in [4.78, 5) is 34.6. The lowest BCUT2D eigenvalue weighted by molar-refractivity contribution is -0.123. The zero-order chi connectivity index (χ0) is 17.9. The Morgan fingerprint density at radius 3 is 2.38 bits per heavy atom. The van der Waals surface area contributed by atoms with Crippen LogP contribution in [-0.4, -0.2) is 31.1 Å². The van der Waals surface area contributed by atoms with E-state index in [2.05, 4.69) is 0 Å². The molecule has 1 aliphatic heterocycles. The minimum atomic E-state index is -0.852. The largest absolute Gasteiger partial charge is 0.493 e. The number of carbonyl (C=O) groups excluding carboxylic acids is 3. The number of hydrogen-bond acceptors (Lipinski definition) is 5. The van der Waals surface area contributed by atoms with Crippen molar-refractivity contribution in [3.05, 3.63) is 28.3 Å². The molecule has 1 fully saturated rings. The number of imide groups is 2. The predicted octanol–water partition coefficient (Wildman–Crippen LogP) is 2.28. The topological polar surface area (TPSA) is 93.7 Å². The molecule has 1 unspecified atom stereocenters. The number of barbiturate groups is 1. The van der Waals surface area contributed by atoms with Crippen molar-refractivity contribution in [3.8, 4) is 11.5 Å². The fourth-order valence-corrected chi connectivity index (χ4v) is 2.26. The SMILES string of the molecule is CCC(C)Oc1c(Cl)cc(C=C2C(=O)NC(=O)NC2=O)cc1OC. The smallest absolute Gasteiger partial charge is 0.328 e. The van der Waals surface area contributed by atoms with Gasteiger partial charge in [0.1, 0.15) is 5.57 Å². The van der Waals surface area contributed by atoms with Crippen LogP contribution in [0.4, 0.5) is 4.79 Å². The Morgan fingerprint density at radius 2 is 1.83 bits per heavy atom. The zero-order valence-corrected chi connectivity index (χ0v) is 14.2. The van der Waals surface area contributed by atoms with Crippen LogP contribution in [0.15, 0.2) is 17.7 Å². The van der Waals surface area contributed by atoms with E-state index in [1.54, 1.807) is 12.1 Å². The fraction of sp³-hybridized carbons (Fsp3) is 0.312. The third-order valence-electron chi connectivity index (χ3n) is 3.40. The van der Waals surface area contributed by atoms with Gasteiger partial charge in [0.2, 0.25) is 0 Å². The molecule has 1 aromatic carbocycles. The molecule has 1 aliphatic rings. The highest BCUT2D eigenvalue weighted by Crippen LogP contribution is 2.38. The summed E-state index contributed by atoms with van der Waals surface area (Å²) in [5.41, 5.74) is 0.256. The first-order valence-corrected chi connectivity index (χ1v) is 7.66. The number of hydrogen-bond donors (Lipinski definition) is 2. The van der Waals surface area contributed by atoms with Crippen molar-refractivity contribution >= 4 is 35.5 Å². The summed E-state index contributed by atoms with van der Waals surface area (Å²) >= 11 is 6.24. The summed E-state index contributed by atoms with van der Waals surface area (Å²) in [7, 11) is 1.46. The maximum absolute atomic E-state index is 11.8. The molecule has 0 radical (unpaired) electrons. The highest BCUT2D eigenvalue weighted by Gasteiger charge is 2.28. The molecule has 1 aromatic rings. The molecule has 0 bridgehead atoms.